The number of nitrogens with zero attached hydrogens (tertiary/aromatic N) is 2. The third kappa shape index (κ3) is 3.18. The van der Waals surface area contributed by atoms with Crippen LogP contribution in [0.1, 0.15) is 20.7 Å². The number of nitrogens with one attached hydrogen (secondary N) is 1. The highest BCUT2D eigenvalue weighted by Crippen LogP contribution is 2.25. The highest BCUT2D eigenvalue weighted by Gasteiger charge is 2.21. The molecule has 2 N–H and O–H groups in total. The first-order chi connectivity index (χ1) is 12.2. The zero-order valence-electron chi connectivity index (χ0n) is 13.3. The van der Waals surface area contributed by atoms with Gasteiger partial charge in [0.05, 0.1) is 7.11 Å². The van der Waals surface area contributed by atoms with Crippen LogP contribution in [0.3, 0.4) is 0 Å². The average molecular weight is 337 g/mol. The van der Waals surface area contributed by atoms with E-state index in [1.54, 1.807) is 11.7 Å². The molecule has 2 aromatic carbocycles. The fourth-order valence-electron chi connectivity index (χ4n) is 2.48. The van der Waals surface area contributed by atoms with Crippen molar-refractivity contribution in [2.75, 3.05) is 12.2 Å². The maximum atomic E-state index is 12.8. The summed E-state index contributed by atoms with van der Waals surface area (Å²) in [5.41, 5.74) is 2.08. The summed E-state index contributed by atoms with van der Waals surface area (Å²) in [6.07, 6.45) is 1.60. The van der Waals surface area contributed by atoms with E-state index in [-0.39, 0.29) is 5.56 Å². The van der Waals surface area contributed by atoms with E-state index >= 15 is 0 Å². The third-order valence-electron chi connectivity index (χ3n) is 3.71. The normalized spacial score (nSPS) is 10.5. The molecule has 0 aliphatic rings. The number of fused-ring (bicyclic) bond motifs is 1. The van der Waals surface area contributed by atoms with E-state index in [0.717, 1.165) is 15.8 Å². The van der Waals surface area contributed by atoms with E-state index in [1.165, 1.54) is 31.4 Å². The largest absolute Gasteiger partial charge is 0.288 e. The average Bonchev–Trinajstić information content (AvgIpc) is 2.68. The Balaban J connectivity index is 1.97. The Bertz CT molecular complexity index is 920. The van der Waals surface area contributed by atoms with Crippen LogP contribution in [0.2, 0.25) is 0 Å². The van der Waals surface area contributed by atoms with Gasteiger partial charge in [-0.15, -0.1) is 0 Å². The van der Waals surface area contributed by atoms with Gasteiger partial charge < -0.3 is 0 Å². The number of hydrogen-bond acceptors (Lipinski definition) is 5. The lowest BCUT2D eigenvalue weighted by molar-refractivity contribution is 0.0705. The minimum Gasteiger partial charge on any atom is -0.288 e. The summed E-state index contributed by atoms with van der Waals surface area (Å²) in [7, 11) is 1.38. The molecule has 3 rings (SSSR count). The lowest BCUT2D eigenvalue weighted by Crippen LogP contribution is -2.30. The second-order valence-corrected chi connectivity index (χ2v) is 5.16. The van der Waals surface area contributed by atoms with Crippen LogP contribution in [0.5, 0.6) is 0 Å². The molecule has 1 aromatic heterocycles. The molecular formula is C18H15N3O4. The third-order valence-corrected chi connectivity index (χ3v) is 3.71. The number of hydroxylamine groups is 2. The Morgan fingerprint density at radius 1 is 1.04 bits per heavy atom. The molecule has 2 amide bonds. The lowest BCUT2D eigenvalue weighted by atomic mass is 10.1. The number of anilines is 1. The highest BCUT2D eigenvalue weighted by molar-refractivity contribution is 6.08. The molecule has 0 saturated carbocycles. The van der Waals surface area contributed by atoms with Crippen LogP contribution in [-0.2, 0) is 4.84 Å². The predicted octanol–water partition coefficient (Wildman–Crippen LogP) is 2.56. The molecule has 7 nitrogen and oxygen atoms in total. The minimum atomic E-state index is -0.654. The number of aromatic nitrogens is 1. The van der Waals surface area contributed by atoms with Crippen molar-refractivity contribution < 1.29 is 19.6 Å². The van der Waals surface area contributed by atoms with Gasteiger partial charge in [-0.05, 0) is 35.7 Å². The minimum absolute atomic E-state index is 0.228. The maximum Gasteiger partial charge on any atom is 0.283 e. The van der Waals surface area contributed by atoms with Gasteiger partial charge in [0.2, 0.25) is 0 Å². The van der Waals surface area contributed by atoms with Crippen molar-refractivity contribution in [1.82, 2.24) is 10.5 Å². The smallest absolute Gasteiger partial charge is 0.283 e. The van der Waals surface area contributed by atoms with Crippen LogP contribution in [-0.4, -0.2) is 29.1 Å². The SMILES string of the molecule is CON(C(=O)c1ccc(C(=O)NO)cc1)c1nccc2ccccc12. The van der Waals surface area contributed by atoms with Gasteiger partial charge in [-0.1, -0.05) is 24.3 Å². The van der Waals surface area contributed by atoms with E-state index in [9.17, 15) is 9.59 Å². The fraction of sp³-hybridized carbons (Fsp3) is 0.0556. The summed E-state index contributed by atoms with van der Waals surface area (Å²) >= 11 is 0. The number of rotatable bonds is 4. The monoisotopic (exact) mass is 337 g/mol. The van der Waals surface area contributed by atoms with Gasteiger partial charge in [0.1, 0.15) is 0 Å². The molecule has 0 saturated heterocycles. The molecular weight excluding hydrogens is 322 g/mol. The number of benzene rings is 2. The molecule has 126 valence electrons. The van der Waals surface area contributed by atoms with Crippen LogP contribution >= 0.6 is 0 Å². The molecule has 0 fully saturated rings. The van der Waals surface area contributed by atoms with Crippen LogP contribution in [0, 0.1) is 0 Å². The second kappa shape index (κ2) is 7.08. The van der Waals surface area contributed by atoms with Crippen LogP contribution in [0.25, 0.3) is 10.8 Å². The van der Waals surface area contributed by atoms with Crippen molar-refractivity contribution in [1.29, 1.82) is 0 Å². The second-order valence-electron chi connectivity index (χ2n) is 5.16. The number of amides is 2. The van der Waals surface area contributed by atoms with Crippen molar-refractivity contribution in [3.63, 3.8) is 0 Å². The number of carbonyl (C=O) groups is 2. The first kappa shape index (κ1) is 16.6. The van der Waals surface area contributed by atoms with Crippen LogP contribution in [0.15, 0.2) is 60.8 Å². The summed E-state index contributed by atoms with van der Waals surface area (Å²) in [5, 5.41) is 11.4. The van der Waals surface area contributed by atoms with Gasteiger partial charge in [0.15, 0.2) is 5.82 Å². The van der Waals surface area contributed by atoms with Crippen LogP contribution < -0.4 is 10.5 Å². The van der Waals surface area contributed by atoms with Crippen molar-refractivity contribution in [2.45, 2.75) is 0 Å². The topological polar surface area (TPSA) is 91.8 Å². The zero-order valence-corrected chi connectivity index (χ0v) is 13.3. The standard InChI is InChI=1S/C18H15N3O4/c1-25-21(16-15-5-3-2-4-12(15)10-11-19-16)18(23)14-8-6-13(7-9-14)17(22)20-24/h2-11,24H,1H3,(H,20,22). The summed E-state index contributed by atoms with van der Waals surface area (Å²) in [6, 6.07) is 15.2. The van der Waals surface area contributed by atoms with Crippen molar-refractivity contribution in [3.05, 3.63) is 71.9 Å². The quantitative estimate of drug-likeness (QED) is 0.564. The van der Waals surface area contributed by atoms with E-state index in [2.05, 4.69) is 4.98 Å². The summed E-state index contributed by atoms with van der Waals surface area (Å²) < 4.78 is 0. The number of hydrogen-bond donors (Lipinski definition) is 2. The van der Waals surface area contributed by atoms with E-state index in [0.29, 0.717) is 11.4 Å². The maximum absolute atomic E-state index is 12.8. The Labute approximate surface area is 143 Å². The molecule has 0 unspecified atom stereocenters. The number of carbonyl (C=O) groups excluding carboxylic acids is 2. The van der Waals surface area contributed by atoms with Gasteiger partial charge >= 0.3 is 0 Å². The molecule has 0 aliphatic heterocycles. The van der Waals surface area contributed by atoms with Gasteiger partial charge in [0, 0.05) is 22.7 Å². The predicted molar refractivity (Wildman–Crippen MR) is 91.3 cm³/mol. The van der Waals surface area contributed by atoms with E-state index in [1.807, 2.05) is 30.3 Å². The molecule has 25 heavy (non-hydrogen) atoms. The molecule has 0 spiro atoms. The summed E-state index contributed by atoms with van der Waals surface area (Å²) in [5.74, 6) is -0.705. The highest BCUT2D eigenvalue weighted by atomic mass is 16.7. The molecule has 3 aromatic rings. The Kier molecular flexibility index (Phi) is 4.69. The Morgan fingerprint density at radius 2 is 1.72 bits per heavy atom. The lowest BCUT2D eigenvalue weighted by Gasteiger charge is -2.20. The van der Waals surface area contributed by atoms with Crippen molar-refractivity contribution in [2.24, 2.45) is 0 Å². The zero-order chi connectivity index (χ0) is 17.8. The summed E-state index contributed by atoms with van der Waals surface area (Å²) in [6.45, 7) is 0. The van der Waals surface area contributed by atoms with E-state index < -0.39 is 11.8 Å². The van der Waals surface area contributed by atoms with Crippen LogP contribution in [0.4, 0.5) is 5.82 Å². The van der Waals surface area contributed by atoms with Crippen molar-refractivity contribution >= 4 is 28.4 Å². The van der Waals surface area contributed by atoms with Gasteiger partial charge in [-0.3, -0.25) is 19.6 Å². The molecule has 0 bridgehead atoms. The molecule has 0 atom stereocenters. The van der Waals surface area contributed by atoms with E-state index in [4.69, 9.17) is 10.0 Å². The van der Waals surface area contributed by atoms with Crippen molar-refractivity contribution in [3.8, 4) is 0 Å². The molecule has 1 heterocycles. The Hall–Kier alpha value is -3.29. The van der Waals surface area contributed by atoms with Gasteiger partial charge in [-0.25, -0.2) is 10.5 Å². The first-order valence-electron chi connectivity index (χ1n) is 7.42. The fourth-order valence-corrected chi connectivity index (χ4v) is 2.48. The molecule has 0 radical (unpaired) electrons. The van der Waals surface area contributed by atoms with Gasteiger partial charge in [-0.2, -0.15) is 5.06 Å². The Morgan fingerprint density at radius 3 is 2.40 bits per heavy atom. The van der Waals surface area contributed by atoms with Gasteiger partial charge in [0.25, 0.3) is 11.8 Å². The molecule has 0 aliphatic carbocycles. The number of pyridine rings is 1. The summed E-state index contributed by atoms with van der Waals surface area (Å²) in [4.78, 5) is 33.7. The molecule has 7 heteroatoms. The first-order valence-corrected chi connectivity index (χ1v) is 7.42.